The number of anilines is 1. The molecule has 0 aliphatic rings. The Bertz CT molecular complexity index is 256. The van der Waals surface area contributed by atoms with Gasteiger partial charge in [0.25, 0.3) is 0 Å². The Kier molecular flexibility index (Phi) is 1.62. The monoisotopic (exact) mass is 154 g/mol. The molecular weight excluding hydrogens is 140 g/mol. The van der Waals surface area contributed by atoms with Gasteiger partial charge in [-0.3, -0.25) is 0 Å². The van der Waals surface area contributed by atoms with Crippen molar-refractivity contribution in [2.45, 2.75) is 33.2 Å². The molecule has 0 aliphatic carbocycles. The molecule has 11 heavy (non-hydrogen) atoms. The minimum Gasteiger partial charge on any atom is -0.366 e. The summed E-state index contributed by atoms with van der Waals surface area (Å²) in [4.78, 5) is 4.01. The number of nitrogen functional groups attached to an aromatic ring is 1. The van der Waals surface area contributed by atoms with Crippen LogP contribution in [0.5, 0.6) is 0 Å². The maximum Gasteiger partial charge on any atom is 0.239 e. The van der Waals surface area contributed by atoms with Gasteiger partial charge in [0.1, 0.15) is 5.82 Å². The fraction of sp³-hybridized carbons (Fsp3) is 0.714. The molecule has 0 spiro atoms. The third kappa shape index (κ3) is 1.50. The van der Waals surface area contributed by atoms with Crippen molar-refractivity contribution in [2.24, 2.45) is 0 Å². The minimum atomic E-state index is -0.0330. The maximum atomic E-state index is 5.43. The first-order valence-electron chi connectivity index (χ1n) is 3.61. The lowest BCUT2D eigenvalue weighted by molar-refractivity contribution is 0.347. The number of rotatable bonds is 0. The minimum absolute atomic E-state index is 0.0330. The van der Waals surface area contributed by atoms with Crippen molar-refractivity contribution in [3.8, 4) is 0 Å². The Balaban J connectivity index is 3.13. The van der Waals surface area contributed by atoms with E-state index >= 15 is 0 Å². The number of aryl methyl sites for hydroxylation is 1. The van der Waals surface area contributed by atoms with Crippen molar-refractivity contribution in [1.82, 2.24) is 14.8 Å². The summed E-state index contributed by atoms with van der Waals surface area (Å²) < 4.78 is 1.82. The average Bonchev–Trinajstić information content (AvgIpc) is 2.08. The van der Waals surface area contributed by atoms with Crippen LogP contribution in [0.15, 0.2) is 0 Å². The normalized spacial score (nSPS) is 12.0. The van der Waals surface area contributed by atoms with Gasteiger partial charge in [0.15, 0.2) is 0 Å². The summed E-state index contributed by atoms with van der Waals surface area (Å²) in [7, 11) is 0. The predicted molar refractivity (Wildman–Crippen MR) is 44.2 cm³/mol. The molecule has 1 aromatic rings. The van der Waals surface area contributed by atoms with Crippen LogP contribution in [0.3, 0.4) is 0 Å². The van der Waals surface area contributed by atoms with Crippen LogP contribution in [0, 0.1) is 6.92 Å². The van der Waals surface area contributed by atoms with E-state index in [2.05, 4.69) is 30.9 Å². The van der Waals surface area contributed by atoms with Crippen molar-refractivity contribution in [2.75, 3.05) is 5.73 Å². The molecule has 4 heteroatoms. The van der Waals surface area contributed by atoms with E-state index in [0.717, 1.165) is 5.82 Å². The summed E-state index contributed by atoms with van der Waals surface area (Å²) in [6.45, 7) is 8.09. The molecule has 1 heterocycles. The summed E-state index contributed by atoms with van der Waals surface area (Å²) >= 11 is 0. The van der Waals surface area contributed by atoms with Gasteiger partial charge in [-0.05, 0) is 27.7 Å². The van der Waals surface area contributed by atoms with Crippen LogP contribution in [0.4, 0.5) is 5.95 Å². The zero-order valence-electron chi connectivity index (χ0n) is 7.42. The molecule has 4 nitrogen and oxygen atoms in total. The topological polar surface area (TPSA) is 56.7 Å². The van der Waals surface area contributed by atoms with Gasteiger partial charge >= 0.3 is 0 Å². The van der Waals surface area contributed by atoms with Crippen molar-refractivity contribution in [1.29, 1.82) is 0 Å². The molecule has 0 fully saturated rings. The number of nitrogens with zero attached hydrogens (tertiary/aromatic N) is 3. The van der Waals surface area contributed by atoms with E-state index in [1.54, 1.807) is 0 Å². The van der Waals surface area contributed by atoms with Crippen molar-refractivity contribution >= 4 is 5.95 Å². The van der Waals surface area contributed by atoms with Crippen LogP contribution in [0.25, 0.3) is 0 Å². The molecule has 0 radical (unpaired) electrons. The SMILES string of the molecule is Cc1nc(N)nn1C(C)(C)C. The van der Waals surface area contributed by atoms with E-state index in [9.17, 15) is 0 Å². The highest BCUT2D eigenvalue weighted by atomic mass is 15.4. The molecule has 0 aromatic carbocycles. The van der Waals surface area contributed by atoms with Gasteiger partial charge in [-0.1, -0.05) is 0 Å². The van der Waals surface area contributed by atoms with Gasteiger partial charge in [-0.2, -0.15) is 4.98 Å². The summed E-state index contributed by atoms with van der Waals surface area (Å²) in [6.07, 6.45) is 0. The second kappa shape index (κ2) is 2.22. The first-order chi connectivity index (χ1) is 4.91. The molecular formula is C7H14N4. The van der Waals surface area contributed by atoms with Crippen LogP contribution in [-0.2, 0) is 5.54 Å². The summed E-state index contributed by atoms with van der Waals surface area (Å²) in [5.74, 6) is 1.20. The fourth-order valence-electron chi connectivity index (χ4n) is 1.05. The maximum absolute atomic E-state index is 5.43. The van der Waals surface area contributed by atoms with Gasteiger partial charge in [-0.15, -0.1) is 5.10 Å². The molecule has 62 valence electrons. The summed E-state index contributed by atoms with van der Waals surface area (Å²) in [5, 5.41) is 4.06. The fourth-order valence-corrected chi connectivity index (χ4v) is 1.05. The number of aromatic nitrogens is 3. The molecule has 0 atom stereocenters. The molecule has 0 bridgehead atoms. The molecule has 1 aromatic heterocycles. The largest absolute Gasteiger partial charge is 0.366 e. The van der Waals surface area contributed by atoms with Gasteiger partial charge in [0.2, 0.25) is 5.95 Å². The van der Waals surface area contributed by atoms with E-state index in [0.29, 0.717) is 5.95 Å². The standard InChI is InChI=1S/C7H14N4/c1-5-9-6(8)10-11(5)7(2,3)4/h1-4H3,(H2,8,10). The second-order valence-corrected chi connectivity index (χ2v) is 3.60. The lowest BCUT2D eigenvalue weighted by atomic mass is 10.1. The van der Waals surface area contributed by atoms with Crippen LogP contribution in [0.2, 0.25) is 0 Å². The summed E-state index contributed by atoms with van der Waals surface area (Å²) in [5.41, 5.74) is 5.40. The third-order valence-corrected chi connectivity index (χ3v) is 1.42. The quantitative estimate of drug-likeness (QED) is 0.604. The molecule has 0 amide bonds. The highest BCUT2D eigenvalue weighted by molar-refractivity contribution is 5.14. The summed E-state index contributed by atoms with van der Waals surface area (Å²) in [6, 6.07) is 0. The molecule has 0 saturated carbocycles. The second-order valence-electron chi connectivity index (χ2n) is 3.60. The third-order valence-electron chi connectivity index (χ3n) is 1.42. The Morgan fingerprint density at radius 3 is 2.09 bits per heavy atom. The van der Waals surface area contributed by atoms with Crippen molar-refractivity contribution < 1.29 is 0 Å². The Hall–Kier alpha value is -1.06. The lowest BCUT2D eigenvalue weighted by Crippen LogP contribution is -2.24. The predicted octanol–water partition coefficient (Wildman–Crippen LogP) is 0.924. The van der Waals surface area contributed by atoms with E-state index in [4.69, 9.17) is 5.73 Å². The van der Waals surface area contributed by atoms with Gasteiger partial charge in [0.05, 0.1) is 5.54 Å². The van der Waals surface area contributed by atoms with E-state index in [1.807, 2.05) is 11.6 Å². The van der Waals surface area contributed by atoms with Crippen molar-refractivity contribution in [3.05, 3.63) is 5.82 Å². The van der Waals surface area contributed by atoms with Crippen LogP contribution < -0.4 is 5.73 Å². The Morgan fingerprint density at radius 2 is 1.91 bits per heavy atom. The molecule has 1 rings (SSSR count). The Morgan fingerprint density at radius 1 is 1.36 bits per heavy atom. The van der Waals surface area contributed by atoms with Crippen LogP contribution in [0.1, 0.15) is 26.6 Å². The zero-order chi connectivity index (χ0) is 8.65. The highest BCUT2D eigenvalue weighted by Gasteiger charge is 2.17. The average molecular weight is 154 g/mol. The highest BCUT2D eigenvalue weighted by Crippen LogP contribution is 2.14. The van der Waals surface area contributed by atoms with Gasteiger partial charge in [-0.25, -0.2) is 4.68 Å². The van der Waals surface area contributed by atoms with E-state index in [1.165, 1.54) is 0 Å². The first-order valence-corrected chi connectivity index (χ1v) is 3.61. The molecule has 0 unspecified atom stereocenters. The molecule has 2 N–H and O–H groups in total. The van der Waals surface area contributed by atoms with Gasteiger partial charge in [0, 0.05) is 0 Å². The number of nitrogens with two attached hydrogens (primary N) is 1. The zero-order valence-corrected chi connectivity index (χ0v) is 7.42. The number of hydrogen-bond donors (Lipinski definition) is 1. The molecule has 0 saturated heterocycles. The Labute approximate surface area is 66.4 Å². The van der Waals surface area contributed by atoms with Crippen molar-refractivity contribution in [3.63, 3.8) is 0 Å². The van der Waals surface area contributed by atoms with Gasteiger partial charge < -0.3 is 5.73 Å². The molecule has 0 aliphatic heterocycles. The lowest BCUT2D eigenvalue weighted by Gasteiger charge is -2.19. The van der Waals surface area contributed by atoms with Crippen LogP contribution >= 0.6 is 0 Å². The number of hydrogen-bond acceptors (Lipinski definition) is 3. The first kappa shape index (κ1) is 8.04. The van der Waals surface area contributed by atoms with E-state index in [-0.39, 0.29) is 5.54 Å². The van der Waals surface area contributed by atoms with Crippen LogP contribution in [-0.4, -0.2) is 14.8 Å². The smallest absolute Gasteiger partial charge is 0.239 e. The van der Waals surface area contributed by atoms with E-state index < -0.39 is 0 Å².